The zero-order valence-electron chi connectivity index (χ0n) is 15.1. The zero-order valence-corrected chi connectivity index (χ0v) is 15.1. The molecule has 0 saturated carbocycles. The van der Waals surface area contributed by atoms with Gasteiger partial charge in [0.25, 0.3) is 5.91 Å². The number of carbonyl (C=O) groups excluding carboxylic acids is 1. The van der Waals surface area contributed by atoms with Gasteiger partial charge in [-0.2, -0.15) is 0 Å². The molecule has 6 heteroatoms. The first kappa shape index (κ1) is 18.3. The predicted molar refractivity (Wildman–Crippen MR) is 103 cm³/mol. The molecule has 0 aliphatic carbocycles. The molecule has 27 heavy (non-hydrogen) atoms. The largest absolute Gasteiger partial charge is 0.475 e. The van der Waals surface area contributed by atoms with E-state index in [1.54, 1.807) is 12.1 Å². The van der Waals surface area contributed by atoms with E-state index in [0.29, 0.717) is 17.9 Å². The quantitative estimate of drug-likeness (QED) is 0.698. The first-order chi connectivity index (χ1) is 12.9. The van der Waals surface area contributed by atoms with E-state index in [1.165, 1.54) is 6.07 Å². The average Bonchev–Trinajstić information content (AvgIpc) is 3.17. The van der Waals surface area contributed by atoms with E-state index in [9.17, 15) is 9.59 Å². The number of anilines is 1. The van der Waals surface area contributed by atoms with Crippen molar-refractivity contribution in [3.05, 3.63) is 77.6 Å². The van der Waals surface area contributed by atoms with Gasteiger partial charge >= 0.3 is 5.97 Å². The van der Waals surface area contributed by atoms with Crippen molar-refractivity contribution >= 4 is 17.6 Å². The van der Waals surface area contributed by atoms with Crippen LogP contribution in [-0.4, -0.2) is 31.1 Å². The lowest BCUT2D eigenvalue weighted by atomic mass is 10.1. The Morgan fingerprint density at radius 1 is 1.04 bits per heavy atom. The minimum Gasteiger partial charge on any atom is -0.475 e. The molecule has 0 saturated heterocycles. The van der Waals surface area contributed by atoms with E-state index in [0.717, 1.165) is 16.8 Å². The number of carboxylic acids is 1. The van der Waals surface area contributed by atoms with Crippen LogP contribution in [0.15, 0.2) is 65.1 Å². The van der Waals surface area contributed by atoms with Crippen molar-refractivity contribution in [2.45, 2.75) is 6.54 Å². The Balaban J connectivity index is 1.70. The van der Waals surface area contributed by atoms with E-state index in [1.807, 2.05) is 61.5 Å². The number of carboxylic acid groups (broad SMARTS) is 1. The predicted octanol–water partition coefficient (Wildman–Crippen LogP) is 3.64. The molecule has 0 aliphatic heterocycles. The maximum atomic E-state index is 12.4. The molecular formula is C21H20N2O4. The van der Waals surface area contributed by atoms with E-state index < -0.39 is 5.97 Å². The van der Waals surface area contributed by atoms with Crippen LogP contribution in [0.4, 0.5) is 5.69 Å². The second-order valence-electron chi connectivity index (χ2n) is 6.30. The highest BCUT2D eigenvalue weighted by Crippen LogP contribution is 2.23. The Bertz CT molecular complexity index is 976. The molecule has 0 bridgehead atoms. The first-order valence-corrected chi connectivity index (χ1v) is 8.42. The van der Waals surface area contributed by atoms with Crippen molar-refractivity contribution in [2.24, 2.45) is 0 Å². The fourth-order valence-corrected chi connectivity index (χ4v) is 2.65. The van der Waals surface area contributed by atoms with Crippen LogP contribution < -0.4 is 10.2 Å². The number of nitrogens with zero attached hydrogens (tertiary/aromatic N) is 1. The first-order valence-electron chi connectivity index (χ1n) is 8.42. The molecular weight excluding hydrogens is 344 g/mol. The third-order valence-electron chi connectivity index (χ3n) is 4.11. The Labute approximate surface area is 157 Å². The van der Waals surface area contributed by atoms with Gasteiger partial charge in [-0.05, 0) is 42.0 Å². The molecule has 0 spiro atoms. The third kappa shape index (κ3) is 4.36. The Hall–Kier alpha value is -3.54. The topological polar surface area (TPSA) is 82.8 Å². The lowest BCUT2D eigenvalue weighted by molar-refractivity contribution is 0.0663. The Kier molecular flexibility index (Phi) is 5.26. The van der Waals surface area contributed by atoms with Crippen molar-refractivity contribution in [3.63, 3.8) is 0 Å². The maximum absolute atomic E-state index is 12.4. The number of hydrogen-bond acceptors (Lipinski definition) is 4. The number of hydrogen-bond donors (Lipinski definition) is 2. The van der Waals surface area contributed by atoms with Crippen LogP contribution in [0.1, 0.15) is 26.5 Å². The number of furan rings is 1. The zero-order chi connectivity index (χ0) is 19.4. The summed E-state index contributed by atoms with van der Waals surface area (Å²) in [4.78, 5) is 25.3. The minimum absolute atomic E-state index is 0.107. The van der Waals surface area contributed by atoms with Gasteiger partial charge in [0.1, 0.15) is 5.76 Å². The van der Waals surface area contributed by atoms with E-state index >= 15 is 0 Å². The summed E-state index contributed by atoms with van der Waals surface area (Å²) in [5.41, 5.74) is 3.19. The summed E-state index contributed by atoms with van der Waals surface area (Å²) in [5.74, 6) is -0.899. The number of aromatic carboxylic acids is 1. The van der Waals surface area contributed by atoms with E-state index in [4.69, 9.17) is 9.52 Å². The molecule has 3 aromatic rings. The Morgan fingerprint density at radius 3 is 2.52 bits per heavy atom. The molecule has 1 heterocycles. The lowest BCUT2D eigenvalue weighted by Crippen LogP contribution is -2.23. The smallest absolute Gasteiger partial charge is 0.371 e. The number of benzene rings is 2. The highest BCUT2D eigenvalue weighted by Gasteiger charge is 2.11. The highest BCUT2D eigenvalue weighted by atomic mass is 16.4. The SMILES string of the molecule is CN(C)c1cccc(C(=O)NCc2cccc(-c3ccc(C(=O)O)o3)c2)c1. The highest BCUT2D eigenvalue weighted by molar-refractivity contribution is 5.95. The van der Waals surface area contributed by atoms with Crippen molar-refractivity contribution in [3.8, 4) is 11.3 Å². The molecule has 0 radical (unpaired) electrons. The molecule has 0 fully saturated rings. The van der Waals surface area contributed by atoms with Crippen LogP contribution in [0.25, 0.3) is 11.3 Å². The number of carbonyl (C=O) groups is 2. The molecule has 0 aliphatic rings. The number of amides is 1. The molecule has 0 unspecified atom stereocenters. The molecule has 3 rings (SSSR count). The van der Waals surface area contributed by atoms with Crippen LogP contribution >= 0.6 is 0 Å². The van der Waals surface area contributed by atoms with Crippen molar-refractivity contribution in [1.29, 1.82) is 0 Å². The van der Waals surface area contributed by atoms with Crippen LogP contribution in [0, 0.1) is 0 Å². The van der Waals surface area contributed by atoms with Crippen molar-refractivity contribution < 1.29 is 19.1 Å². The Morgan fingerprint density at radius 2 is 1.81 bits per heavy atom. The van der Waals surface area contributed by atoms with Crippen LogP contribution in [0.2, 0.25) is 0 Å². The molecule has 0 atom stereocenters. The summed E-state index contributed by atoms with van der Waals surface area (Å²) in [5, 5.41) is 11.9. The van der Waals surface area contributed by atoms with Crippen LogP contribution in [0.3, 0.4) is 0 Å². The second-order valence-corrected chi connectivity index (χ2v) is 6.30. The molecule has 2 N–H and O–H groups in total. The van der Waals surface area contributed by atoms with E-state index in [2.05, 4.69) is 5.32 Å². The fourth-order valence-electron chi connectivity index (χ4n) is 2.65. The van der Waals surface area contributed by atoms with Gasteiger partial charge in [0.2, 0.25) is 5.76 Å². The monoisotopic (exact) mass is 364 g/mol. The normalized spacial score (nSPS) is 10.4. The molecule has 1 aromatic heterocycles. The molecule has 6 nitrogen and oxygen atoms in total. The summed E-state index contributed by atoms with van der Waals surface area (Å²) < 4.78 is 5.33. The average molecular weight is 364 g/mol. The van der Waals surface area contributed by atoms with Crippen molar-refractivity contribution in [2.75, 3.05) is 19.0 Å². The summed E-state index contributed by atoms with van der Waals surface area (Å²) >= 11 is 0. The fraction of sp³-hybridized carbons (Fsp3) is 0.143. The molecule has 1 amide bonds. The van der Waals surface area contributed by atoms with Gasteiger partial charge in [0.15, 0.2) is 0 Å². The van der Waals surface area contributed by atoms with Gasteiger partial charge in [0, 0.05) is 37.5 Å². The van der Waals surface area contributed by atoms with Gasteiger partial charge in [-0.15, -0.1) is 0 Å². The number of rotatable bonds is 6. The molecule has 138 valence electrons. The van der Waals surface area contributed by atoms with Gasteiger partial charge in [-0.1, -0.05) is 24.3 Å². The summed E-state index contributed by atoms with van der Waals surface area (Å²) in [6, 6.07) is 17.9. The van der Waals surface area contributed by atoms with Crippen LogP contribution in [0.5, 0.6) is 0 Å². The minimum atomic E-state index is -1.11. The van der Waals surface area contributed by atoms with E-state index in [-0.39, 0.29) is 11.7 Å². The van der Waals surface area contributed by atoms with Gasteiger partial charge in [-0.25, -0.2) is 4.79 Å². The van der Waals surface area contributed by atoms with Gasteiger partial charge in [-0.3, -0.25) is 4.79 Å². The van der Waals surface area contributed by atoms with Crippen LogP contribution in [-0.2, 0) is 6.54 Å². The van der Waals surface area contributed by atoms with Gasteiger partial charge in [0.05, 0.1) is 0 Å². The third-order valence-corrected chi connectivity index (χ3v) is 4.11. The van der Waals surface area contributed by atoms with Crippen molar-refractivity contribution in [1.82, 2.24) is 5.32 Å². The standard InChI is InChI=1S/C21H20N2O4/c1-23(2)17-8-4-7-16(12-17)20(24)22-13-14-5-3-6-15(11-14)18-9-10-19(27-18)21(25)26/h3-12H,13H2,1-2H3,(H,22,24)(H,25,26). The second kappa shape index (κ2) is 7.78. The number of nitrogens with one attached hydrogen (secondary N) is 1. The summed E-state index contributed by atoms with van der Waals surface area (Å²) in [7, 11) is 3.85. The summed E-state index contributed by atoms with van der Waals surface area (Å²) in [6.07, 6.45) is 0. The maximum Gasteiger partial charge on any atom is 0.371 e. The molecule has 2 aromatic carbocycles. The van der Waals surface area contributed by atoms with Gasteiger partial charge < -0.3 is 19.7 Å². The lowest BCUT2D eigenvalue weighted by Gasteiger charge is -2.13. The summed E-state index contributed by atoms with van der Waals surface area (Å²) in [6.45, 7) is 0.353.